The van der Waals surface area contributed by atoms with Gasteiger partial charge in [0.15, 0.2) is 5.96 Å². The number of hydrogen-bond donors (Lipinski definition) is 2. The van der Waals surface area contributed by atoms with Crippen LogP contribution < -0.4 is 10.6 Å². The van der Waals surface area contributed by atoms with Crippen molar-refractivity contribution < 1.29 is 4.74 Å². The summed E-state index contributed by atoms with van der Waals surface area (Å²) >= 11 is 1.71. The molecular formula is C19H33IN4OS. The molecule has 5 nitrogen and oxygen atoms in total. The van der Waals surface area contributed by atoms with Crippen molar-refractivity contribution in [3.63, 3.8) is 0 Å². The van der Waals surface area contributed by atoms with E-state index in [2.05, 4.69) is 41.8 Å². The molecule has 2 aliphatic carbocycles. The number of halogens is 1. The van der Waals surface area contributed by atoms with Crippen molar-refractivity contribution in [1.82, 2.24) is 15.6 Å². The van der Waals surface area contributed by atoms with Crippen molar-refractivity contribution in [3.05, 3.63) is 16.1 Å². The molecular weight excluding hydrogens is 459 g/mol. The molecule has 7 heteroatoms. The van der Waals surface area contributed by atoms with E-state index in [1.54, 1.807) is 11.3 Å². The van der Waals surface area contributed by atoms with E-state index in [4.69, 9.17) is 9.73 Å². The highest BCUT2D eigenvalue weighted by atomic mass is 127. The molecule has 1 aromatic rings. The van der Waals surface area contributed by atoms with E-state index in [-0.39, 0.29) is 24.0 Å². The first-order valence-corrected chi connectivity index (χ1v) is 10.6. The van der Waals surface area contributed by atoms with Crippen LogP contribution >= 0.6 is 35.3 Å². The van der Waals surface area contributed by atoms with Gasteiger partial charge in [-0.25, -0.2) is 4.98 Å². The predicted molar refractivity (Wildman–Crippen MR) is 120 cm³/mol. The lowest BCUT2D eigenvalue weighted by Gasteiger charge is -2.54. The average molecular weight is 492 g/mol. The van der Waals surface area contributed by atoms with Gasteiger partial charge in [0.05, 0.1) is 16.8 Å². The summed E-state index contributed by atoms with van der Waals surface area (Å²) in [5.74, 6) is 0.945. The molecule has 0 saturated heterocycles. The van der Waals surface area contributed by atoms with Crippen molar-refractivity contribution in [2.45, 2.75) is 71.4 Å². The van der Waals surface area contributed by atoms with E-state index in [9.17, 15) is 0 Å². The molecule has 1 spiro atoms. The first kappa shape index (κ1) is 21.9. The Bertz CT molecular complexity index is 586. The minimum absolute atomic E-state index is 0. The number of nitrogens with one attached hydrogen (secondary N) is 2. The van der Waals surface area contributed by atoms with E-state index >= 15 is 0 Å². The van der Waals surface area contributed by atoms with E-state index < -0.39 is 0 Å². The highest BCUT2D eigenvalue weighted by Crippen LogP contribution is 2.54. The number of ether oxygens (including phenoxy) is 1. The summed E-state index contributed by atoms with van der Waals surface area (Å²) in [6, 6.07) is 0.492. The second-order valence-electron chi connectivity index (χ2n) is 7.19. The Balaban J connectivity index is 0.00000243. The lowest BCUT2D eigenvalue weighted by molar-refractivity contribution is -0.125. The molecule has 2 aliphatic rings. The number of nitrogens with zero attached hydrogens (tertiary/aromatic N) is 2. The van der Waals surface area contributed by atoms with Crippen LogP contribution in [0, 0.1) is 12.3 Å². The van der Waals surface area contributed by atoms with Crippen molar-refractivity contribution in [3.8, 4) is 0 Å². The molecule has 2 atom stereocenters. The Morgan fingerprint density at radius 3 is 2.77 bits per heavy atom. The Hall–Kier alpha value is -0.410. The largest absolute Gasteiger partial charge is 0.378 e. The second-order valence-corrected chi connectivity index (χ2v) is 8.25. The van der Waals surface area contributed by atoms with Gasteiger partial charge in [-0.3, -0.25) is 4.99 Å². The maximum Gasteiger partial charge on any atom is 0.191 e. The van der Waals surface area contributed by atoms with Gasteiger partial charge < -0.3 is 15.4 Å². The number of aromatic nitrogens is 1. The molecule has 2 fully saturated rings. The fourth-order valence-electron chi connectivity index (χ4n) is 4.38. The number of aryl methyl sites for hydroxylation is 1. The summed E-state index contributed by atoms with van der Waals surface area (Å²) in [6.45, 7) is 8.75. The average Bonchev–Trinajstić information content (AvgIpc) is 3.25. The summed E-state index contributed by atoms with van der Waals surface area (Å²) in [7, 11) is 0. The summed E-state index contributed by atoms with van der Waals surface area (Å²) in [6.07, 6.45) is 7.66. The third kappa shape index (κ3) is 4.90. The quantitative estimate of drug-likeness (QED) is 0.345. The predicted octanol–water partition coefficient (Wildman–Crippen LogP) is 3.90. The van der Waals surface area contributed by atoms with Gasteiger partial charge in [-0.1, -0.05) is 12.8 Å². The zero-order valence-corrected chi connectivity index (χ0v) is 19.4. The van der Waals surface area contributed by atoms with Crippen molar-refractivity contribution in [2.24, 2.45) is 10.4 Å². The molecule has 3 rings (SSSR count). The lowest BCUT2D eigenvalue weighted by Crippen LogP contribution is -2.65. The zero-order valence-electron chi connectivity index (χ0n) is 16.2. The van der Waals surface area contributed by atoms with Crippen LogP contribution in [0.15, 0.2) is 10.4 Å². The minimum atomic E-state index is 0. The summed E-state index contributed by atoms with van der Waals surface area (Å²) in [4.78, 5) is 9.31. The zero-order chi connectivity index (χ0) is 17.7. The standard InChI is InChI=1S/C19H32N4OS.HI/c1-4-20-18(21-11-8-15-13-25-14(3)22-15)23-16-12-17(24-5-2)19(16)9-6-7-10-19;/h13,16-17H,4-12H2,1-3H3,(H2,20,21,23);1H. The van der Waals surface area contributed by atoms with Crippen molar-refractivity contribution in [2.75, 3.05) is 19.7 Å². The first-order valence-electron chi connectivity index (χ1n) is 9.75. The number of aliphatic imine (C=N–C) groups is 1. The van der Waals surface area contributed by atoms with Crippen LogP contribution in [-0.4, -0.2) is 42.8 Å². The van der Waals surface area contributed by atoms with Crippen LogP contribution in [0.4, 0.5) is 0 Å². The molecule has 2 saturated carbocycles. The molecule has 1 aromatic heterocycles. The number of guanidine groups is 1. The van der Waals surface area contributed by atoms with Crippen molar-refractivity contribution >= 4 is 41.3 Å². The van der Waals surface area contributed by atoms with E-state index in [0.717, 1.165) is 49.2 Å². The summed E-state index contributed by atoms with van der Waals surface area (Å²) in [5, 5.41) is 10.4. The smallest absolute Gasteiger partial charge is 0.191 e. The van der Waals surface area contributed by atoms with Gasteiger partial charge in [0.25, 0.3) is 0 Å². The van der Waals surface area contributed by atoms with Crippen LogP contribution in [0.5, 0.6) is 0 Å². The van der Waals surface area contributed by atoms with Crippen LogP contribution in [0.3, 0.4) is 0 Å². The van der Waals surface area contributed by atoms with E-state index in [1.165, 1.54) is 25.7 Å². The van der Waals surface area contributed by atoms with Crippen molar-refractivity contribution in [1.29, 1.82) is 0 Å². The maximum atomic E-state index is 6.02. The molecule has 0 bridgehead atoms. The molecule has 0 aliphatic heterocycles. The van der Waals surface area contributed by atoms with E-state index in [1.807, 2.05) is 0 Å². The van der Waals surface area contributed by atoms with Crippen LogP contribution in [0.25, 0.3) is 0 Å². The van der Waals surface area contributed by atoms with Crippen LogP contribution in [0.2, 0.25) is 0 Å². The van der Waals surface area contributed by atoms with Crippen LogP contribution in [0.1, 0.15) is 56.7 Å². The molecule has 26 heavy (non-hydrogen) atoms. The molecule has 0 amide bonds. The number of hydrogen-bond acceptors (Lipinski definition) is 4. The molecule has 1 heterocycles. The molecule has 148 valence electrons. The fourth-order valence-corrected chi connectivity index (χ4v) is 5.03. The van der Waals surface area contributed by atoms with Gasteiger partial charge in [-0.2, -0.15) is 0 Å². The monoisotopic (exact) mass is 492 g/mol. The molecule has 2 N–H and O–H groups in total. The Labute approximate surface area is 178 Å². The first-order chi connectivity index (χ1) is 12.2. The van der Waals surface area contributed by atoms with Gasteiger partial charge in [0.1, 0.15) is 0 Å². The molecule has 0 radical (unpaired) electrons. The Morgan fingerprint density at radius 1 is 1.38 bits per heavy atom. The van der Waals surface area contributed by atoms with Crippen LogP contribution in [-0.2, 0) is 11.2 Å². The Morgan fingerprint density at radius 2 is 2.15 bits per heavy atom. The summed E-state index contributed by atoms with van der Waals surface area (Å²) in [5.41, 5.74) is 1.48. The SMILES string of the molecule is CCNC(=NCCc1csc(C)n1)NC1CC(OCC)C12CCCC2.I. The Kier molecular flexibility index (Phi) is 8.60. The summed E-state index contributed by atoms with van der Waals surface area (Å²) < 4.78 is 6.02. The van der Waals surface area contributed by atoms with Gasteiger partial charge in [0, 0.05) is 43.0 Å². The molecule has 2 unspecified atom stereocenters. The minimum Gasteiger partial charge on any atom is -0.378 e. The topological polar surface area (TPSA) is 58.5 Å². The highest BCUT2D eigenvalue weighted by Gasteiger charge is 2.56. The maximum absolute atomic E-state index is 6.02. The van der Waals surface area contributed by atoms with Gasteiger partial charge in [-0.15, -0.1) is 35.3 Å². The third-order valence-electron chi connectivity index (χ3n) is 5.65. The fraction of sp³-hybridized carbons (Fsp3) is 0.789. The number of thiazole rings is 1. The number of rotatable bonds is 7. The normalized spacial score (nSPS) is 24.2. The van der Waals surface area contributed by atoms with Gasteiger partial charge in [0.2, 0.25) is 0 Å². The highest BCUT2D eigenvalue weighted by molar-refractivity contribution is 14.0. The van der Waals surface area contributed by atoms with Gasteiger partial charge >= 0.3 is 0 Å². The third-order valence-corrected chi connectivity index (χ3v) is 6.47. The van der Waals surface area contributed by atoms with E-state index in [0.29, 0.717) is 17.6 Å². The van der Waals surface area contributed by atoms with Gasteiger partial charge in [-0.05, 0) is 40.0 Å². The lowest BCUT2D eigenvalue weighted by atomic mass is 9.60. The molecule has 0 aromatic carbocycles. The second kappa shape index (κ2) is 10.2.